The van der Waals surface area contributed by atoms with E-state index in [1.807, 2.05) is 26.0 Å². The van der Waals surface area contributed by atoms with Gasteiger partial charge in [-0.1, -0.05) is 23.8 Å². The van der Waals surface area contributed by atoms with Crippen LogP contribution in [0.2, 0.25) is 0 Å². The highest BCUT2D eigenvalue weighted by molar-refractivity contribution is 6.00. The number of ether oxygens (including phenoxy) is 3. The van der Waals surface area contributed by atoms with Gasteiger partial charge in [0.1, 0.15) is 11.5 Å². The molecule has 0 aromatic heterocycles. The predicted molar refractivity (Wildman–Crippen MR) is 124 cm³/mol. The molecule has 7 heteroatoms. The Labute approximate surface area is 192 Å². The molecule has 0 aliphatic rings. The summed E-state index contributed by atoms with van der Waals surface area (Å²) in [6.45, 7) is 3.19. The highest BCUT2D eigenvalue weighted by Gasteiger charge is 2.14. The molecule has 7 nitrogen and oxygen atoms in total. The summed E-state index contributed by atoms with van der Waals surface area (Å²) in [6.07, 6.45) is 0. The summed E-state index contributed by atoms with van der Waals surface area (Å²) >= 11 is 0. The average molecular weight is 447 g/mol. The zero-order chi connectivity index (χ0) is 23.8. The maximum atomic E-state index is 12.4. The Morgan fingerprint density at radius 1 is 0.848 bits per heavy atom. The molecule has 3 rings (SSSR count). The highest BCUT2D eigenvalue weighted by Crippen LogP contribution is 2.17. The number of carbonyl (C=O) groups is 3. The SMILES string of the molecule is COc1cccc(NC(=O)COc2ccc(C(=O)OCC(=O)c3cc(C)ccc3C)cc2)c1. The van der Waals surface area contributed by atoms with Gasteiger partial charge in [-0.2, -0.15) is 0 Å². The Morgan fingerprint density at radius 2 is 1.61 bits per heavy atom. The molecule has 0 radical (unpaired) electrons. The van der Waals surface area contributed by atoms with Crippen LogP contribution >= 0.6 is 0 Å². The number of nitrogens with one attached hydrogen (secondary N) is 1. The van der Waals surface area contributed by atoms with Crippen molar-refractivity contribution < 1.29 is 28.6 Å². The minimum Gasteiger partial charge on any atom is -0.497 e. The summed E-state index contributed by atoms with van der Waals surface area (Å²) in [5.41, 5.74) is 3.20. The van der Waals surface area contributed by atoms with Gasteiger partial charge >= 0.3 is 5.97 Å². The number of anilines is 1. The van der Waals surface area contributed by atoms with Gasteiger partial charge in [0.05, 0.1) is 12.7 Å². The van der Waals surface area contributed by atoms with E-state index in [0.29, 0.717) is 22.7 Å². The van der Waals surface area contributed by atoms with Crippen LogP contribution in [0.3, 0.4) is 0 Å². The summed E-state index contributed by atoms with van der Waals surface area (Å²) in [7, 11) is 1.55. The van der Waals surface area contributed by atoms with Crippen molar-refractivity contribution in [2.75, 3.05) is 25.6 Å². The Bertz CT molecular complexity index is 1150. The number of amides is 1. The molecule has 3 aromatic carbocycles. The van der Waals surface area contributed by atoms with Gasteiger partial charge in [-0.25, -0.2) is 4.79 Å². The van der Waals surface area contributed by atoms with Crippen LogP contribution in [0.25, 0.3) is 0 Å². The minimum absolute atomic E-state index is 0.203. The lowest BCUT2D eigenvalue weighted by atomic mass is 10.0. The molecule has 3 aromatic rings. The van der Waals surface area contributed by atoms with E-state index in [2.05, 4.69) is 5.32 Å². The zero-order valence-electron chi connectivity index (χ0n) is 18.7. The summed E-state index contributed by atoms with van der Waals surface area (Å²) in [5, 5.41) is 2.71. The Balaban J connectivity index is 1.48. The Morgan fingerprint density at radius 3 is 2.33 bits per heavy atom. The monoisotopic (exact) mass is 447 g/mol. The number of methoxy groups -OCH3 is 1. The number of aryl methyl sites for hydroxylation is 2. The third-order valence-electron chi connectivity index (χ3n) is 4.84. The second-order valence-corrected chi connectivity index (χ2v) is 7.41. The molecule has 0 saturated heterocycles. The van der Waals surface area contributed by atoms with Crippen molar-refractivity contribution in [2.45, 2.75) is 13.8 Å². The second-order valence-electron chi connectivity index (χ2n) is 7.41. The summed E-state index contributed by atoms with van der Waals surface area (Å²) in [5.74, 6) is -0.162. The van der Waals surface area contributed by atoms with Crippen molar-refractivity contribution in [1.82, 2.24) is 0 Å². The number of benzene rings is 3. The van der Waals surface area contributed by atoms with E-state index in [4.69, 9.17) is 14.2 Å². The van der Waals surface area contributed by atoms with Crippen molar-refractivity contribution in [1.29, 1.82) is 0 Å². The molecular weight excluding hydrogens is 422 g/mol. The fourth-order valence-electron chi connectivity index (χ4n) is 3.06. The second kappa shape index (κ2) is 10.9. The fraction of sp³-hybridized carbons (Fsp3) is 0.192. The van der Waals surface area contributed by atoms with Gasteiger partial charge in [0.25, 0.3) is 5.91 Å². The van der Waals surface area contributed by atoms with Crippen molar-refractivity contribution in [3.05, 3.63) is 89.0 Å². The quantitative estimate of drug-likeness (QED) is 0.387. The minimum atomic E-state index is -0.615. The molecule has 0 aliphatic heterocycles. The first-order chi connectivity index (χ1) is 15.9. The lowest BCUT2D eigenvalue weighted by Crippen LogP contribution is -2.20. The zero-order valence-corrected chi connectivity index (χ0v) is 18.7. The molecule has 0 bridgehead atoms. The molecular formula is C26H25NO6. The van der Waals surface area contributed by atoms with Gasteiger partial charge in [-0.05, 0) is 61.9 Å². The van der Waals surface area contributed by atoms with Gasteiger partial charge in [0, 0.05) is 17.3 Å². The van der Waals surface area contributed by atoms with Crippen LogP contribution in [0.1, 0.15) is 31.8 Å². The molecule has 0 saturated carbocycles. The van der Waals surface area contributed by atoms with Crippen molar-refractivity contribution >= 4 is 23.3 Å². The fourth-order valence-corrected chi connectivity index (χ4v) is 3.06. The lowest BCUT2D eigenvalue weighted by molar-refractivity contribution is -0.118. The molecule has 33 heavy (non-hydrogen) atoms. The molecule has 1 amide bonds. The summed E-state index contributed by atoms with van der Waals surface area (Å²) in [6, 6.07) is 18.7. The first-order valence-electron chi connectivity index (χ1n) is 10.3. The largest absolute Gasteiger partial charge is 0.497 e. The van der Waals surface area contributed by atoms with Gasteiger partial charge in [-0.3, -0.25) is 9.59 Å². The van der Waals surface area contributed by atoms with Gasteiger partial charge in [0.2, 0.25) is 5.78 Å². The lowest BCUT2D eigenvalue weighted by Gasteiger charge is -2.10. The number of hydrogen-bond acceptors (Lipinski definition) is 6. The number of hydrogen-bond donors (Lipinski definition) is 1. The normalized spacial score (nSPS) is 10.3. The number of esters is 1. The molecule has 0 fully saturated rings. The molecule has 0 heterocycles. The number of ketones is 1. The van der Waals surface area contributed by atoms with E-state index in [1.54, 1.807) is 49.6 Å². The van der Waals surface area contributed by atoms with Crippen molar-refractivity contribution in [3.63, 3.8) is 0 Å². The van der Waals surface area contributed by atoms with Crippen LogP contribution in [0, 0.1) is 13.8 Å². The summed E-state index contributed by atoms with van der Waals surface area (Å²) < 4.78 is 15.7. The van der Waals surface area contributed by atoms with E-state index in [-0.39, 0.29) is 30.5 Å². The standard InChI is InChI=1S/C26H25NO6/c1-17-7-8-18(2)23(13-17)24(28)15-33-26(30)19-9-11-21(12-10-19)32-16-25(29)27-20-5-4-6-22(14-20)31-3/h4-14H,15-16H2,1-3H3,(H,27,29). The van der Waals surface area contributed by atoms with E-state index in [9.17, 15) is 14.4 Å². The van der Waals surface area contributed by atoms with Gasteiger partial charge in [0.15, 0.2) is 13.2 Å². The number of carbonyl (C=O) groups excluding carboxylic acids is 3. The van der Waals surface area contributed by atoms with Crippen LogP contribution in [-0.2, 0) is 9.53 Å². The Kier molecular flexibility index (Phi) is 7.81. The van der Waals surface area contributed by atoms with E-state index < -0.39 is 5.97 Å². The molecule has 0 unspecified atom stereocenters. The van der Waals surface area contributed by atoms with Crippen molar-refractivity contribution in [3.8, 4) is 11.5 Å². The highest BCUT2D eigenvalue weighted by atomic mass is 16.5. The topological polar surface area (TPSA) is 90.9 Å². The van der Waals surface area contributed by atoms with Crippen molar-refractivity contribution in [2.24, 2.45) is 0 Å². The smallest absolute Gasteiger partial charge is 0.338 e. The first kappa shape index (κ1) is 23.5. The predicted octanol–water partition coefficient (Wildman–Crippen LogP) is 4.37. The first-order valence-corrected chi connectivity index (χ1v) is 10.3. The van der Waals surface area contributed by atoms with E-state index in [1.165, 1.54) is 12.1 Å². The average Bonchev–Trinajstić information content (AvgIpc) is 2.83. The third-order valence-corrected chi connectivity index (χ3v) is 4.84. The molecule has 0 spiro atoms. The van der Waals surface area contributed by atoms with Crippen LogP contribution in [0.5, 0.6) is 11.5 Å². The maximum absolute atomic E-state index is 12.4. The van der Waals surface area contributed by atoms with Gasteiger partial charge in [-0.15, -0.1) is 0 Å². The summed E-state index contributed by atoms with van der Waals surface area (Å²) in [4.78, 5) is 36.7. The number of rotatable bonds is 9. The van der Waals surface area contributed by atoms with Crippen LogP contribution in [0.4, 0.5) is 5.69 Å². The molecule has 0 atom stereocenters. The van der Waals surface area contributed by atoms with Crippen LogP contribution < -0.4 is 14.8 Å². The molecule has 1 N–H and O–H groups in total. The molecule has 170 valence electrons. The third kappa shape index (κ3) is 6.67. The van der Waals surface area contributed by atoms with Crippen LogP contribution in [-0.4, -0.2) is 38.0 Å². The van der Waals surface area contributed by atoms with Gasteiger partial charge < -0.3 is 19.5 Å². The van der Waals surface area contributed by atoms with E-state index >= 15 is 0 Å². The molecule has 0 aliphatic carbocycles. The number of Topliss-reactive ketones (excluding diaryl/α,β-unsaturated/α-hetero) is 1. The van der Waals surface area contributed by atoms with E-state index in [0.717, 1.165) is 11.1 Å². The Hall–Kier alpha value is -4.13. The maximum Gasteiger partial charge on any atom is 0.338 e. The van der Waals surface area contributed by atoms with Crippen LogP contribution in [0.15, 0.2) is 66.7 Å².